The molecule has 2 rings (SSSR count). The summed E-state index contributed by atoms with van der Waals surface area (Å²) in [6, 6.07) is 5.31. The molecule has 0 radical (unpaired) electrons. The van der Waals surface area contributed by atoms with Crippen molar-refractivity contribution in [1.29, 1.82) is 0 Å². The minimum Gasteiger partial charge on any atom is -0.328 e. The average molecular weight is 254 g/mol. The van der Waals surface area contributed by atoms with Crippen molar-refractivity contribution in [2.24, 2.45) is 5.73 Å². The lowest BCUT2D eigenvalue weighted by atomic mass is 9.89. The summed E-state index contributed by atoms with van der Waals surface area (Å²) >= 11 is 0. The molecule has 0 unspecified atom stereocenters. The third-order valence-corrected chi connectivity index (χ3v) is 4.80. The summed E-state index contributed by atoms with van der Waals surface area (Å²) in [6.07, 6.45) is 1.45. The molecule has 3 N–H and O–H groups in total. The van der Waals surface area contributed by atoms with Crippen LogP contribution in [0, 0.1) is 13.8 Å². The number of benzene rings is 1. The van der Waals surface area contributed by atoms with Gasteiger partial charge in [0.2, 0.25) is 10.0 Å². The number of aryl methyl sites for hydroxylation is 2. The Kier molecular flexibility index (Phi) is 3.25. The van der Waals surface area contributed by atoms with Gasteiger partial charge < -0.3 is 5.73 Å². The Morgan fingerprint density at radius 2 is 1.88 bits per heavy atom. The van der Waals surface area contributed by atoms with Gasteiger partial charge in [-0.25, -0.2) is 13.1 Å². The van der Waals surface area contributed by atoms with Crippen molar-refractivity contribution in [3.8, 4) is 0 Å². The first-order chi connectivity index (χ1) is 7.88. The van der Waals surface area contributed by atoms with Crippen LogP contribution >= 0.6 is 0 Å². The summed E-state index contributed by atoms with van der Waals surface area (Å²) in [6.45, 7) is 3.87. The summed E-state index contributed by atoms with van der Waals surface area (Å²) < 4.78 is 26.8. The zero-order chi connectivity index (χ0) is 12.6. The van der Waals surface area contributed by atoms with Crippen LogP contribution < -0.4 is 10.5 Å². The molecule has 1 fully saturated rings. The fourth-order valence-electron chi connectivity index (χ4n) is 1.93. The Bertz CT molecular complexity index is 519. The normalized spacial score (nSPS) is 24.4. The van der Waals surface area contributed by atoms with Gasteiger partial charge in [0.25, 0.3) is 0 Å². The van der Waals surface area contributed by atoms with Crippen LogP contribution in [0.1, 0.15) is 24.0 Å². The molecule has 1 aromatic rings. The lowest BCUT2D eigenvalue weighted by Crippen LogP contribution is -2.50. The minimum absolute atomic E-state index is 0.00314. The highest BCUT2D eigenvalue weighted by Crippen LogP contribution is 2.21. The first-order valence-electron chi connectivity index (χ1n) is 5.73. The van der Waals surface area contributed by atoms with Crippen LogP contribution in [0.3, 0.4) is 0 Å². The number of sulfonamides is 1. The van der Waals surface area contributed by atoms with E-state index in [0.29, 0.717) is 4.90 Å². The molecule has 1 saturated carbocycles. The van der Waals surface area contributed by atoms with Crippen LogP contribution in [0.25, 0.3) is 0 Å². The second kappa shape index (κ2) is 4.40. The van der Waals surface area contributed by atoms with E-state index in [1.165, 1.54) is 0 Å². The van der Waals surface area contributed by atoms with Gasteiger partial charge in [-0.2, -0.15) is 0 Å². The summed E-state index contributed by atoms with van der Waals surface area (Å²) in [5.41, 5.74) is 7.71. The fourth-order valence-corrected chi connectivity index (χ4v) is 3.27. The van der Waals surface area contributed by atoms with Gasteiger partial charge in [-0.1, -0.05) is 6.07 Å². The smallest absolute Gasteiger partial charge is 0.240 e. The van der Waals surface area contributed by atoms with E-state index >= 15 is 0 Å². The van der Waals surface area contributed by atoms with Crippen molar-refractivity contribution in [2.45, 2.75) is 43.7 Å². The lowest BCUT2D eigenvalue weighted by molar-refractivity contribution is 0.327. The third-order valence-electron chi connectivity index (χ3n) is 3.29. The van der Waals surface area contributed by atoms with Crippen molar-refractivity contribution in [1.82, 2.24) is 4.72 Å². The maximum absolute atomic E-state index is 12.1. The van der Waals surface area contributed by atoms with Gasteiger partial charge in [0.1, 0.15) is 0 Å². The van der Waals surface area contributed by atoms with Gasteiger partial charge in [0.15, 0.2) is 0 Å². The van der Waals surface area contributed by atoms with E-state index in [9.17, 15) is 8.42 Å². The molecule has 17 heavy (non-hydrogen) atoms. The van der Waals surface area contributed by atoms with Crippen LogP contribution in [0.5, 0.6) is 0 Å². The standard InChI is InChI=1S/C12H18N2O2S/c1-8-3-4-12(5-9(8)2)17(15,16)14-11-6-10(13)7-11/h3-5,10-11,14H,6-7,13H2,1-2H3. The molecule has 0 amide bonds. The molecule has 94 valence electrons. The predicted octanol–water partition coefficient (Wildman–Crippen LogP) is 1.07. The van der Waals surface area contributed by atoms with Gasteiger partial charge in [0, 0.05) is 12.1 Å². The molecule has 4 nitrogen and oxygen atoms in total. The molecule has 0 aliphatic heterocycles. The number of nitrogens with one attached hydrogen (secondary N) is 1. The second-order valence-corrected chi connectivity index (χ2v) is 6.51. The minimum atomic E-state index is -3.39. The van der Waals surface area contributed by atoms with Gasteiger partial charge in [-0.15, -0.1) is 0 Å². The van der Waals surface area contributed by atoms with Gasteiger partial charge in [-0.05, 0) is 49.9 Å². The quantitative estimate of drug-likeness (QED) is 0.847. The molecular weight excluding hydrogens is 236 g/mol. The highest BCUT2D eigenvalue weighted by molar-refractivity contribution is 7.89. The maximum Gasteiger partial charge on any atom is 0.240 e. The summed E-state index contributed by atoms with van der Waals surface area (Å²) in [4.78, 5) is 0.334. The summed E-state index contributed by atoms with van der Waals surface area (Å²) in [5, 5.41) is 0. The van der Waals surface area contributed by atoms with E-state index in [1.807, 2.05) is 19.9 Å². The van der Waals surface area contributed by atoms with E-state index in [1.54, 1.807) is 12.1 Å². The van der Waals surface area contributed by atoms with E-state index in [2.05, 4.69) is 4.72 Å². The topological polar surface area (TPSA) is 72.2 Å². The van der Waals surface area contributed by atoms with E-state index in [-0.39, 0.29) is 12.1 Å². The van der Waals surface area contributed by atoms with Crippen molar-refractivity contribution in [2.75, 3.05) is 0 Å². The largest absolute Gasteiger partial charge is 0.328 e. The molecule has 0 saturated heterocycles. The molecule has 0 heterocycles. The first kappa shape index (κ1) is 12.5. The number of hydrogen-bond donors (Lipinski definition) is 2. The fraction of sp³-hybridized carbons (Fsp3) is 0.500. The lowest BCUT2D eigenvalue weighted by Gasteiger charge is -2.32. The molecule has 0 aromatic heterocycles. The predicted molar refractivity (Wildman–Crippen MR) is 67.2 cm³/mol. The van der Waals surface area contributed by atoms with Crippen molar-refractivity contribution < 1.29 is 8.42 Å². The van der Waals surface area contributed by atoms with Crippen molar-refractivity contribution >= 4 is 10.0 Å². The molecule has 1 aromatic carbocycles. The monoisotopic (exact) mass is 254 g/mol. The zero-order valence-corrected chi connectivity index (χ0v) is 10.9. The van der Waals surface area contributed by atoms with Crippen LogP contribution in [-0.4, -0.2) is 20.5 Å². The molecule has 1 aliphatic carbocycles. The van der Waals surface area contributed by atoms with Crippen LogP contribution in [0.4, 0.5) is 0 Å². The number of hydrogen-bond acceptors (Lipinski definition) is 3. The summed E-state index contributed by atoms with van der Waals surface area (Å²) in [7, 11) is -3.39. The molecule has 5 heteroatoms. The zero-order valence-electron chi connectivity index (χ0n) is 10.1. The van der Waals surface area contributed by atoms with Crippen LogP contribution in [0.15, 0.2) is 23.1 Å². The van der Waals surface area contributed by atoms with Crippen LogP contribution in [-0.2, 0) is 10.0 Å². The first-order valence-corrected chi connectivity index (χ1v) is 7.22. The van der Waals surface area contributed by atoms with E-state index in [0.717, 1.165) is 24.0 Å². The maximum atomic E-state index is 12.1. The third kappa shape index (κ3) is 2.68. The Hall–Kier alpha value is -0.910. The molecule has 0 spiro atoms. The Labute approximate surface area is 102 Å². The highest BCUT2D eigenvalue weighted by atomic mass is 32.2. The molecule has 1 aliphatic rings. The molecular formula is C12H18N2O2S. The Morgan fingerprint density at radius 3 is 2.41 bits per heavy atom. The molecule has 0 atom stereocenters. The average Bonchev–Trinajstić information content (AvgIpc) is 2.19. The van der Waals surface area contributed by atoms with Crippen LogP contribution in [0.2, 0.25) is 0 Å². The van der Waals surface area contributed by atoms with Crippen molar-refractivity contribution in [3.63, 3.8) is 0 Å². The highest BCUT2D eigenvalue weighted by Gasteiger charge is 2.30. The van der Waals surface area contributed by atoms with Crippen molar-refractivity contribution in [3.05, 3.63) is 29.3 Å². The second-order valence-electron chi connectivity index (χ2n) is 4.80. The Morgan fingerprint density at radius 1 is 1.24 bits per heavy atom. The van der Waals surface area contributed by atoms with Gasteiger partial charge >= 0.3 is 0 Å². The summed E-state index contributed by atoms with van der Waals surface area (Å²) in [5.74, 6) is 0. The SMILES string of the molecule is Cc1ccc(S(=O)(=O)NC2CC(N)C2)cc1C. The van der Waals surface area contributed by atoms with E-state index in [4.69, 9.17) is 5.73 Å². The number of rotatable bonds is 3. The molecule has 0 bridgehead atoms. The van der Waals surface area contributed by atoms with E-state index < -0.39 is 10.0 Å². The number of nitrogens with two attached hydrogens (primary N) is 1. The van der Waals surface area contributed by atoms with Gasteiger partial charge in [-0.3, -0.25) is 0 Å². The Balaban J connectivity index is 2.17. The van der Waals surface area contributed by atoms with Gasteiger partial charge in [0.05, 0.1) is 4.90 Å².